The molecule has 0 N–H and O–H groups in total. The first-order valence-corrected chi connectivity index (χ1v) is 6.44. The Morgan fingerprint density at radius 3 is 2.45 bits per heavy atom. The van der Waals surface area contributed by atoms with Crippen molar-refractivity contribution in [3.05, 3.63) is 48.1 Å². The molecule has 1 aliphatic heterocycles. The van der Waals surface area contributed by atoms with Crippen molar-refractivity contribution in [2.24, 2.45) is 0 Å². The molecule has 20 heavy (non-hydrogen) atoms. The molecule has 0 atom stereocenters. The van der Waals surface area contributed by atoms with E-state index in [4.69, 9.17) is 4.84 Å². The Bertz CT molecular complexity index is 524. The smallest absolute Gasteiger partial charge is 0.330 e. The summed E-state index contributed by atoms with van der Waals surface area (Å²) >= 11 is 0. The summed E-state index contributed by atoms with van der Waals surface area (Å²) in [5.74, 6) is -1.49. The molecule has 0 saturated carbocycles. The standard InChI is InChI=1S/C15H15NO4/c17-13-9-10-14(18)16(13)20-15(19)11-8-12-6-4-2-1-3-5-7-12/h1-7H,8-11H2/b2-1-,3-1?,4-2?,5-3-,6-4-,7-5?,12-6?,12-7+. The molecule has 1 aliphatic carbocycles. The van der Waals surface area contributed by atoms with Gasteiger partial charge in [0.2, 0.25) is 0 Å². The number of hydrogen-bond acceptors (Lipinski definition) is 4. The SMILES string of the molecule is O=C(CCC1=C/C=C\C=C/C=C\1)ON1C(=O)CCC1=O. The molecule has 104 valence electrons. The minimum absolute atomic E-state index is 0.108. The van der Waals surface area contributed by atoms with Crippen LogP contribution in [0.4, 0.5) is 0 Å². The summed E-state index contributed by atoms with van der Waals surface area (Å²) in [7, 11) is 0. The van der Waals surface area contributed by atoms with Gasteiger partial charge < -0.3 is 4.84 Å². The first kappa shape index (κ1) is 14.0. The van der Waals surface area contributed by atoms with Gasteiger partial charge in [-0.05, 0) is 12.0 Å². The van der Waals surface area contributed by atoms with Gasteiger partial charge in [0, 0.05) is 12.8 Å². The third kappa shape index (κ3) is 3.78. The predicted molar refractivity (Wildman–Crippen MR) is 71.9 cm³/mol. The van der Waals surface area contributed by atoms with E-state index >= 15 is 0 Å². The molecule has 0 radical (unpaired) electrons. The third-order valence-corrected chi connectivity index (χ3v) is 2.88. The minimum Gasteiger partial charge on any atom is -0.330 e. The molecule has 0 bridgehead atoms. The number of carbonyl (C=O) groups is 3. The highest BCUT2D eigenvalue weighted by molar-refractivity contribution is 6.01. The Hall–Kier alpha value is -2.43. The molecule has 5 nitrogen and oxygen atoms in total. The molecular formula is C15H15NO4. The van der Waals surface area contributed by atoms with Crippen molar-refractivity contribution < 1.29 is 19.2 Å². The lowest BCUT2D eigenvalue weighted by atomic mass is 10.1. The molecule has 5 heteroatoms. The lowest BCUT2D eigenvalue weighted by Gasteiger charge is -2.12. The highest BCUT2D eigenvalue weighted by atomic mass is 16.7. The van der Waals surface area contributed by atoms with Gasteiger partial charge in [0.1, 0.15) is 0 Å². The maximum Gasteiger partial charge on any atom is 0.333 e. The normalized spacial score (nSPS) is 25.4. The molecule has 0 spiro atoms. The summed E-state index contributed by atoms with van der Waals surface area (Å²) in [6.07, 6.45) is 14.1. The average molecular weight is 273 g/mol. The van der Waals surface area contributed by atoms with Crippen LogP contribution in [0.25, 0.3) is 0 Å². The highest BCUT2D eigenvalue weighted by Gasteiger charge is 2.32. The quantitative estimate of drug-likeness (QED) is 0.735. The van der Waals surface area contributed by atoms with E-state index in [9.17, 15) is 14.4 Å². The number of amides is 2. The first-order chi connectivity index (χ1) is 9.66. The second-order valence-corrected chi connectivity index (χ2v) is 4.42. The Kier molecular flexibility index (Phi) is 4.65. The molecule has 1 heterocycles. The zero-order chi connectivity index (χ0) is 14.4. The van der Waals surface area contributed by atoms with Crippen LogP contribution >= 0.6 is 0 Å². The second kappa shape index (κ2) is 6.65. The van der Waals surface area contributed by atoms with E-state index in [1.807, 2.05) is 42.5 Å². The van der Waals surface area contributed by atoms with Crippen molar-refractivity contribution in [1.29, 1.82) is 0 Å². The first-order valence-electron chi connectivity index (χ1n) is 6.44. The topological polar surface area (TPSA) is 63.7 Å². The van der Waals surface area contributed by atoms with Crippen molar-refractivity contribution in [3.63, 3.8) is 0 Å². The number of allylic oxidation sites excluding steroid dienone is 8. The summed E-state index contributed by atoms with van der Waals surface area (Å²) in [5.41, 5.74) is 0.974. The van der Waals surface area contributed by atoms with E-state index in [1.165, 1.54) is 0 Å². The van der Waals surface area contributed by atoms with Gasteiger partial charge in [-0.2, -0.15) is 0 Å². The van der Waals surface area contributed by atoms with E-state index < -0.39 is 17.8 Å². The molecule has 1 saturated heterocycles. The second-order valence-electron chi connectivity index (χ2n) is 4.42. The minimum atomic E-state index is -0.579. The van der Waals surface area contributed by atoms with Gasteiger partial charge in [-0.1, -0.05) is 42.5 Å². The number of nitrogens with zero attached hydrogens (tertiary/aromatic N) is 1. The van der Waals surface area contributed by atoms with Gasteiger partial charge >= 0.3 is 5.97 Å². The monoisotopic (exact) mass is 273 g/mol. The van der Waals surface area contributed by atoms with Crippen LogP contribution in [0.2, 0.25) is 0 Å². The largest absolute Gasteiger partial charge is 0.333 e. The summed E-state index contributed by atoms with van der Waals surface area (Å²) in [6.45, 7) is 0. The molecule has 0 unspecified atom stereocenters. The molecule has 0 aromatic carbocycles. The third-order valence-electron chi connectivity index (χ3n) is 2.88. The molecule has 2 amide bonds. The van der Waals surface area contributed by atoms with E-state index in [-0.39, 0.29) is 19.3 Å². The Morgan fingerprint density at radius 1 is 1.05 bits per heavy atom. The predicted octanol–water partition coefficient (Wildman–Crippen LogP) is 1.98. The van der Waals surface area contributed by atoms with Crippen LogP contribution in [0.1, 0.15) is 25.7 Å². The van der Waals surface area contributed by atoms with Crippen LogP contribution < -0.4 is 0 Å². The fourth-order valence-electron chi connectivity index (χ4n) is 1.82. The molecule has 0 aromatic rings. The zero-order valence-corrected chi connectivity index (χ0v) is 11.0. The van der Waals surface area contributed by atoms with Crippen molar-refractivity contribution in [3.8, 4) is 0 Å². The molecule has 2 rings (SSSR count). The van der Waals surface area contributed by atoms with E-state index in [0.29, 0.717) is 11.5 Å². The van der Waals surface area contributed by atoms with Crippen molar-refractivity contribution in [2.45, 2.75) is 25.7 Å². The Balaban J connectivity index is 1.83. The van der Waals surface area contributed by atoms with Crippen LogP contribution in [-0.4, -0.2) is 22.8 Å². The lowest BCUT2D eigenvalue weighted by Crippen LogP contribution is -2.31. The van der Waals surface area contributed by atoms with Crippen LogP contribution in [0.3, 0.4) is 0 Å². The number of imide groups is 1. The van der Waals surface area contributed by atoms with Crippen LogP contribution in [-0.2, 0) is 19.2 Å². The van der Waals surface area contributed by atoms with Gasteiger partial charge in [-0.25, -0.2) is 4.79 Å². The van der Waals surface area contributed by atoms with Crippen molar-refractivity contribution in [2.75, 3.05) is 0 Å². The number of rotatable bonds is 4. The molecule has 1 fully saturated rings. The van der Waals surface area contributed by atoms with Crippen molar-refractivity contribution >= 4 is 17.8 Å². The van der Waals surface area contributed by atoms with Gasteiger partial charge in [0.25, 0.3) is 11.8 Å². The lowest BCUT2D eigenvalue weighted by molar-refractivity contribution is -0.197. The van der Waals surface area contributed by atoms with Crippen molar-refractivity contribution in [1.82, 2.24) is 5.06 Å². The van der Waals surface area contributed by atoms with Crippen LogP contribution in [0.15, 0.2) is 48.1 Å². The average Bonchev–Trinajstić information content (AvgIpc) is 2.69. The Labute approximate surface area is 116 Å². The fraction of sp³-hybridized carbons (Fsp3) is 0.267. The van der Waals surface area contributed by atoms with Crippen LogP contribution in [0, 0.1) is 0 Å². The van der Waals surface area contributed by atoms with Gasteiger partial charge in [0.15, 0.2) is 0 Å². The van der Waals surface area contributed by atoms with Gasteiger partial charge in [0.05, 0.1) is 6.42 Å². The Morgan fingerprint density at radius 2 is 1.70 bits per heavy atom. The van der Waals surface area contributed by atoms with Crippen LogP contribution in [0.5, 0.6) is 0 Å². The van der Waals surface area contributed by atoms with E-state index in [1.54, 1.807) is 0 Å². The zero-order valence-electron chi connectivity index (χ0n) is 11.0. The summed E-state index contributed by atoms with van der Waals surface area (Å²) < 4.78 is 0. The van der Waals surface area contributed by atoms with Gasteiger partial charge in [-0.15, -0.1) is 5.06 Å². The molecular weight excluding hydrogens is 258 g/mol. The highest BCUT2D eigenvalue weighted by Crippen LogP contribution is 2.15. The maximum absolute atomic E-state index is 11.6. The number of hydroxylamine groups is 2. The van der Waals surface area contributed by atoms with Gasteiger partial charge in [-0.3, -0.25) is 9.59 Å². The summed E-state index contributed by atoms with van der Waals surface area (Å²) in [4.78, 5) is 39.0. The maximum atomic E-state index is 11.6. The summed E-state index contributed by atoms with van der Waals surface area (Å²) in [5, 5.41) is 0.577. The van der Waals surface area contributed by atoms with E-state index in [0.717, 1.165) is 5.57 Å². The summed E-state index contributed by atoms with van der Waals surface area (Å²) in [6, 6.07) is 0. The fourth-order valence-corrected chi connectivity index (χ4v) is 1.82. The number of carbonyl (C=O) groups excluding carboxylic acids is 3. The number of hydrogen-bond donors (Lipinski definition) is 0. The van der Waals surface area contributed by atoms with E-state index in [2.05, 4.69) is 0 Å². The molecule has 2 aliphatic rings. The molecule has 0 aromatic heterocycles.